The van der Waals surface area contributed by atoms with Gasteiger partial charge in [-0.15, -0.1) is 0 Å². The summed E-state index contributed by atoms with van der Waals surface area (Å²) in [6.07, 6.45) is 8.47. The highest BCUT2D eigenvalue weighted by molar-refractivity contribution is 5.91. The summed E-state index contributed by atoms with van der Waals surface area (Å²) < 4.78 is 27.7. The minimum absolute atomic E-state index is 0.325. The third-order valence-electron chi connectivity index (χ3n) is 6.15. The lowest BCUT2D eigenvalue weighted by Crippen LogP contribution is -2.08. The smallest absolute Gasteiger partial charge is 0.338 e. The van der Waals surface area contributed by atoms with E-state index in [1.54, 1.807) is 61.7 Å². The molecule has 42 heavy (non-hydrogen) atoms. The summed E-state index contributed by atoms with van der Waals surface area (Å²) >= 11 is 0. The van der Waals surface area contributed by atoms with Gasteiger partial charge in [0.05, 0.1) is 32.5 Å². The maximum atomic E-state index is 12.3. The van der Waals surface area contributed by atoms with E-state index in [1.165, 1.54) is 6.08 Å². The Bertz CT molecular complexity index is 1300. The number of nitrogen functional groups attached to an aromatic ring is 2. The van der Waals surface area contributed by atoms with Crippen LogP contribution < -0.4 is 30.4 Å². The Balaban J connectivity index is 1.35. The van der Waals surface area contributed by atoms with Crippen LogP contribution in [0.25, 0.3) is 6.08 Å². The molecule has 0 heterocycles. The summed E-state index contributed by atoms with van der Waals surface area (Å²) in [4.78, 5) is 24.4. The second-order valence-corrected chi connectivity index (χ2v) is 9.63. The van der Waals surface area contributed by atoms with Crippen molar-refractivity contribution in [2.75, 3.05) is 38.4 Å². The van der Waals surface area contributed by atoms with E-state index in [1.807, 2.05) is 12.1 Å². The normalized spacial score (nSPS) is 10.8. The van der Waals surface area contributed by atoms with Crippen LogP contribution in [0.15, 0.2) is 66.7 Å². The fourth-order valence-corrected chi connectivity index (χ4v) is 3.94. The van der Waals surface area contributed by atoms with Crippen molar-refractivity contribution in [1.29, 1.82) is 0 Å². The first-order valence-electron chi connectivity index (χ1n) is 14.1. The number of unbranched alkanes of at least 4 members (excludes halogenated alkanes) is 4. The Morgan fingerprint density at radius 3 is 2.10 bits per heavy atom. The van der Waals surface area contributed by atoms with Crippen LogP contribution >= 0.6 is 0 Å². The highest BCUT2D eigenvalue weighted by atomic mass is 16.5. The molecule has 9 heteroatoms. The maximum absolute atomic E-state index is 12.3. The molecule has 0 amide bonds. The summed E-state index contributed by atoms with van der Waals surface area (Å²) in [6, 6.07) is 17.1. The van der Waals surface area contributed by atoms with Crippen LogP contribution in [-0.4, -0.2) is 38.9 Å². The molecule has 0 aliphatic rings. The second-order valence-electron chi connectivity index (χ2n) is 9.63. The summed E-state index contributed by atoms with van der Waals surface area (Å²) in [5, 5.41) is 0. The average Bonchev–Trinajstić information content (AvgIpc) is 2.98. The zero-order valence-electron chi connectivity index (χ0n) is 24.3. The van der Waals surface area contributed by atoms with Gasteiger partial charge in [0.2, 0.25) is 0 Å². The Labute approximate surface area is 247 Å². The zero-order chi connectivity index (χ0) is 30.2. The molecule has 3 aromatic rings. The van der Waals surface area contributed by atoms with Gasteiger partial charge in [0.25, 0.3) is 0 Å². The van der Waals surface area contributed by atoms with Gasteiger partial charge >= 0.3 is 11.9 Å². The first-order valence-corrected chi connectivity index (χ1v) is 14.1. The molecule has 0 fully saturated rings. The van der Waals surface area contributed by atoms with Crippen LogP contribution in [0.1, 0.15) is 61.4 Å². The number of anilines is 2. The molecule has 0 bridgehead atoms. The number of ether oxygens (including phenoxy) is 5. The second kappa shape index (κ2) is 17.2. The minimum atomic E-state index is -0.488. The zero-order valence-corrected chi connectivity index (χ0v) is 24.3. The van der Waals surface area contributed by atoms with E-state index in [4.69, 9.17) is 35.2 Å². The molecule has 0 saturated carbocycles. The molecule has 0 saturated heterocycles. The molecule has 0 aliphatic carbocycles. The fraction of sp³-hybridized carbons (Fsp3) is 0.333. The van der Waals surface area contributed by atoms with Crippen LogP contribution in [0.5, 0.6) is 23.0 Å². The predicted molar refractivity (Wildman–Crippen MR) is 164 cm³/mol. The Kier molecular flexibility index (Phi) is 13.1. The molecule has 4 N–H and O–H groups in total. The first kappa shape index (κ1) is 31.9. The van der Waals surface area contributed by atoms with Crippen molar-refractivity contribution in [2.24, 2.45) is 0 Å². The SMILES string of the molecule is CCCCOc1ccc(OC(=O)C=Cc2ccc(OCCCCCCOC(=O)c3cc(N)cc(N)c3)c(OC)c2)cc1. The number of carbonyl (C=O) groups is 2. The quantitative estimate of drug-likeness (QED) is 0.0611. The molecule has 0 aromatic heterocycles. The van der Waals surface area contributed by atoms with E-state index in [0.717, 1.165) is 49.8 Å². The highest BCUT2D eigenvalue weighted by Crippen LogP contribution is 2.29. The van der Waals surface area contributed by atoms with Crippen molar-refractivity contribution < 1.29 is 33.3 Å². The van der Waals surface area contributed by atoms with Gasteiger partial charge in [-0.05, 0) is 98.3 Å². The van der Waals surface area contributed by atoms with Crippen LogP contribution in [-0.2, 0) is 9.53 Å². The van der Waals surface area contributed by atoms with E-state index in [-0.39, 0.29) is 0 Å². The predicted octanol–water partition coefficient (Wildman–Crippen LogP) is 6.45. The molecular weight excluding hydrogens is 536 g/mol. The van der Waals surface area contributed by atoms with Gasteiger partial charge in [-0.3, -0.25) is 0 Å². The molecule has 3 rings (SSSR count). The van der Waals surface area contributed by atoms with Gasteiger partial charge in [0, 0.05) is 17.5 Å². The fourth-order valence-electron chi connectivity index (χ4n) is 3.94. The van der Waals surface area contributed by atoms with Crippen LogP contribution in [0.3, 0.4) is 0 Å². The molecule has 224 valence electrons. The lowest BCUT2D eigenvalue weighted by Gasteiger charge is -2.11. The number of carbonyl (C=O) groups excluding carboxylic acids is 2. The van der Waals surface area contributed by atoms with E-state index < -0.39 is 11.9 Å². The van der Waals surface area contributed by atoms with Gasteiger partial charge in [-0.25, -0.2) is 9.59 Å². The Hall–Kier alpha value is -4.66. The van der Waals surface area contributed by atoms with Gasteiger partial charge < -0.3 is 35.2 Å². The van der Waals surface area contributed by atoms with E-state index in [9.17, 15) is 9.59 Å². The largest absolute Gasteiger partial charge is 0.494 e. The molecule has 0 radical (unpaired) electrons. The van der Waals surface area contributed by atoms with Crippen molar-refractivity contribution >= 4 is 29.4 Å². The monoisotopic (exact) mass is 576 g/mol. The first-order chi connectivity index (χ1) is 20.4. The van der Waals surface area contributed by atoms with Crippen LogP contribution in [0.4, 0.5) is 11.4 Å². The van der Waals surface area contributed by atoms with E-state index in [2.05, 4.69) is 6.92 Å². The van der Waals surface area contributed by atoms with Crippen molar-refractivity contribution in [3.8, 4) is 23.0 Å². The molecule has 9 nitrogen and oxygen atoms in total. The molecule has 0 aliphatic heterocycles. The molecule has 0 unspecified atom stereocenters. The lowest BCUT2D eigenvalue weighted by molar-refractivity contribution is -0.128. The highest BCUT2D eigenvalue weighted by Gasteiger charge is 2.09. The number of hydrogen-bond acceptors (Lipinski definition) is 9. The maximum Gasteiger partial charge on any atom is 0.338 e. The third kappa shape index (κ3) is 11.1. The van der Waals surface area contributed by atoms with Crippen molar-refractivity contribution in [3.05, 3.63) is 77.9 Å². The third-order valence-corrected chi connectivity index (χ3v) is 6.15. The number of benzene rings is 3. The molecular formula is C33H40N2O7. The van der Waals surface area contributed by atoms with Crippen LogP contribution in [0, 0.1) is 0 Å². The average molecular weight is 577 g/mol. The summed E-state index contributed by atoms with van der Waals surface area (Å²) in [5.74, 6) is 1.45. The van der Waals surface area contributed by atoms with Crippen LogP contribution in [0.2, 0.25) is 0 Å². The Morgan fingerprint density at radius 2 is 1.40 bits per heavy atom. The molecule has 3 aromatic carbocycles. The van der Waals surface area contributed by atoms with Gasteiger partial charge in [-0.1, -0.05) is 19.4 Å². The van der Waals surface area contributed by atoms with Gasteiger partial charge in [0.15, 0.2) is 11.5 Å². The number of methoxy groups -OCH3 is 1. The minimum Gasteiger partial charge on any atom is -0.494 e. The topological polar surface area (TPSA) is 132 Å². The standard InChI is InChI=1S/C33H40N2O7/c1-3-4-17-39-28-11-13-29(14-12-28)42-32(36)16-10-24-9-15-30(31(20-24)38-2)40-18-7-5-6-8-19-41-33(37)25-21-26(34)23-27(35)22-25/h9-16,20-23H,3-8,17-19,34-35H2,1-2H3. The van der Waals surface area contributed by atoms with Crippen molar-refractivity contribution in [2.45, 2.75) is 45.4 Å². The molecule has 0 spiro atoms. The summed E-state index contributed by atoms with van der Waals surface area (Å²) in [5.41, 5.74) is 13.4. The number of hydrogen-bond donors (Lipinski definition) is 2. The van der Waals surface area contributed by atoms with Crippen molar-refractivity contribution in [3.63, 3.8) is 0 Å². The summed E-state index contributed by atoms with van der Waals surface area (Å²) in [7, 11) is 1.57. The Morgan fingerprint density at radius 1 is 0.738 bits per heavy atom. The van der Waals surface area contributed by atoms with Crippen molar-refractivity contribution in [1.82, 2.24) is 0 Å². The lowest BCUT2D eigenvalue weighted by atomic mass is 10.1. The number of rotatable bonds is 17. The number of esters is 2. The van der Waals surface area contributed by atoms with Gasteiger partial charge in [0.1, 0.15) is 11.5 Å². The van der Waals surface area contributed by atoms with E-state index >= 15 is 0 Å². The summed E-state index contributed by atoms with van der Waals surface area (Å²) in [6.45, 7) is 3.61. The number of nitrogens with two attached hydrogens (primary N) is 2. The molecule has 0 atom stereocenters. The van der Waals surface area contributed by atoms with E-state index in [0.29, 0.717) is 54.0 Å². The van der Waals surface area contributed by atoms with Gasteiger partial charge in [-0.2, -0.15) is 0 Å².